The molecule has 0 radical (unpaired) electrons. The monoisotopic (exact) mass is 306 g/mol. The smallest absolute Gasteiger partial charge is 0.253 e. The van der Waals surface area contributed by atoms with Gasteiger partial charge in [-0.25, -0.2) is 4.39 Å². The highest BCUT2D eigenvalue weighted by molar-refractivity contribution is 5.81. The quantitative estimate of drug-likeness (QED) is 0.845. The van der Waals surface area contributed by atoms with Gasteiger partial charge in [0.25, 0.3) is 5.91 Å². The molecule has 1 amide bonds. The lowest BCUT2D eigenvalue weighted by molar-refractivity contribution is -0.129. The lowest BCUT2D eigenvalue weighted by Gasteiger charge is -2.13. The summed E-state index contributed by atoms with van der Waals surface area (Å²) in [6.45, 7) is 4.30. The van der Waals surface area contributed by atoms with E-state index >= 15 is 0 Å². The standard InChI is InChI=1S/C15H19FN4O2/c1-10(2)20-9-18-19-13(20)7-8-17-15(22)14(21)11-5-3-4-6-12(11)16/h3-6,9-10,14,21H,7-8H2,1-2H3,(H,17,22). The number of amides is 1. The number of carbonyl (C=O) groups excluding carboxylic acids is 1. The van der Waals surface area contributed by atoms with Crippen molar-refractivity contribution in [1.82, 2.24) is 20.1 Å². The van der Waals surface area contributed by atoms with Crippen LogP contribution in [0.2, 0.25) is 0 Å². The topological polar surface area (TPSA) is 80.0 Å². The molecule has 2 aromatic rings. The molecule has 1 atom stereocenters. The van der Waals surface area contributed by atoms with Gasteiger partial charge in [-0.1, -0.05) is 18.2 Å². The largest absolute Gasteiger partial charge is 0.378 e. The highest BCUT2D eigenvalue weighted by atomic mass is 19.1. The summed E-state index contributed by atoms with van der Waals surface area (Å²) in [7, 11) is 0. The Morgan fingerprint density at radius 3 is 2.82 bits per heavy atom. The summed E-state index contributed by atoms with van der Waals surface area (Å²) in [6, 6.07) is 5.89. The Labute approximate surface area is 128 Å². The number of benzene rings is 1. The summed E-state index contributed by atoms with van der Waals surface area (Å²) in [5.41, 5.74) is -0.0367. The highest BCUT2D eigenvalue weighted by Gasteiger charge is 2.20. The van der Waals surface area contributed by atoms with Crippen molar-refractivity contribution in [3.8, 4) is 0 Å². The zero-order valence-electron chi connectivity index (χ0n) is 12.5. The van der Waals surface area contributed by atoms with Crippen LogP contribution in [-0.4, -0.2) is 32.3 Å². The van der Waals surface area contributed by atoms with Crippen molar-refractivity contribution in [3.05, 3.63) is 47.8 Å². The Bertz CT molecular complexity index is 642. The molecule has 1 unspecified atom stereocenters. The molecule has 1 aromatic carbocycles. The molecule has 118 valence electrons. The minimum absolute atomic E-state index is 0.0367. The molecule has 0 spiro atoms. The average Bonchev–Trinajstić information content (AvgIpc) is 2.95. The third-order valence-electron chi connectivity index (χ3n) is 3.30. The van der Waals surface area contributed by atoms with Crippen molar-refractivity contribution in [2.24, 2.45) is 0 Å². The molecule has 0 aliphatic rings. The van der Waals surface area contributed by atoms with Gasteiger partial charge in [0.05, 0.1) is 0 Å². The van der Waals surface area contributed by atoms with Crippen molar-refractivity contribution in [3.63, 3.8) is 0 Å². The van der Waals surface area contributed by atoms with Crippen LogP contribution in [0.5, 0.6) is 0 Å². The van der Waals surface area contributed by atoms with Gasteiger partial charge in [-0.3, -0.25) is 4.79 Å². The summed E-state index contributed by atoms with van der Waals surface area (Å²) in [5, 5.41) is 20.3. The summed E-state index contributed by atoms with van der Waals surface area (Å²) >= 11 is 0. The first-order valence-electron chi connectivity index (χ1n) is 7.09. The third-order valence-corrected chi connectivity index (χ3v) is 3.30. The number of aromatic nitrogens is 3. The van der Waals surface area contributed by atoms with E-state index in [-0.39, 0.29) is 18.2 Å². The summed E-state index contributed by atoms with van der Waals surface area (Å²) in [6.07, 6.45) is 0.591. The van der Waals surface area contributed by atoms with Crippen LogP contribution in [0.1, 0.15) is 37.4 Å². The van der Waals surface area contributed by atoms with Crippen molar-refractivity contribution >= 4 is 5.91 Å². The van der Waals surface area contributed by atoms with E-state index in [1.807, 2.05) is 18.4 Å². The molecule has 0 bridgehead atoms. The second kappa shape index (κ2) is 7.13. The molecule has 0 aliphatic carbocycles. The Hall–Kier alpha value is -2.28. The first-order valence-corrected chi connectivity index (χ1v) is 7.09. The first kappa shape index (κ1) is 16.1. The van der Waals surface area contributed by atoms with E-state index in [9.17, 15) is 14.3 Å². The zero-order valence-corrected chi connectivity index (χ0v) is 12.5. The molecule has 6 nitrogen and oxygen atoms in total. The van der Waals surface area contributed by atoms with E-state index in [0.717, 1.165) is 5.82 Å². The van der Waals surface area contributed by atoms with Gasteiger partial charge in [0.2, 0.25) is 0 Å². The molecule has 1 aromatic heterocycles. The molecule has 2 N–H and O–H groups in total. The van der Waals surface area contributed by atoms with E-state index in [2.05, 4.69) is 15.5 Å². The number of nitrogens with one attached hydrogen (secondary N) is 1. The average molecular weight is 306 g/mol. The lowest BCUT2D eigenvalue weighted by Crippen LogP contribution is -2.31. The molecular weight excluding hydrogens is 287 g/mol. The van der Waals surface area contributed by atoms with Gasteiger partial charge in [-0.2, -0.15) is 0 Å². The van der Waals surface area contributed by atoms with Crippen molar-refractivity contribution in [2.75, 3.05) is 6.54 Å². The maximum Gasteiger partial charge on any atom is 0.253 e. The van der Waals surface area contributed by atoms with Crippen molar-refractivity contribution < 1.29 is 14.3 Å². The Morgan fingerprint density at radius 1 is 1.41 bits per heavy atom. The van der Waals surface area contributed by atoms with E-state index in [1.54, 1.807) is 12.4 Å². The summed E-state index contributed by atoms with van der Waals surface area (Å²) in [5.74, 6) is -0.499. The molecule has 0 saturated heterocycles. The Morgan fingerprint density at radius 2 is 2.14 bits per heavy atom. The summed E-state index contributed by atoms with van der Waals surface area (Å²) < 4.78 is 15.4. The number of hydrogen-bond donors (Lipinski definition) is 2. The van der Waals surface area contributed by atoms with Gasteiger partial charge >= 0.3 is 0 Å². The predicted molar refractivity (Wildman–Crippen MR) is 78.5 cm³/mol. The fourth-order valence-electron chi connectivity index (χ4n) is 2.11. The second-order valence-corrected chi connectivity index (χ2v) is 5.21. The zero-order chi connectivity index (χ0) is 16.1. The minimum atomic E-state index is -1.52. The van der Waals surface area contributed by atoms with Gasteiger partial charge < -0.3 is 15.0 Å². The lowest BCUT2D eigenvalue weighted by atomic mass is 10.1. The van der Waals surface area contributed by atoms with Crippen LogP contribution in [0.3, 0.4) is 0 Å². The van der Waals surface area contributed by atoms with Crippen LogP contribution < -0.4 is 5.32 Å². The molecule has 0 saturated carbocycles. The number of halogens is 1. The van der Waals surface area contributed by atoms with Crippen LogP contribution in [0.4, 0.5) is 4.39 Å². The number of rotatable bonds is 6. The van der Waals surface area contributed by atoms with E-state index in [4.69, 9.17) is 0 Å². The van der Waals surface area contributed by atoms with Gasteiger partial charge in [0.15, 0.2) is 6.10 Å². The first-order chi connectivity index (χ1) is 10.5. The number of aliphatic hydroxyl groups is 1. The van der Waals surface area contributed by atoms with Crippen molar-refractivity contribution in [1.29, 1.82) is 0 Å². The third kappa shape index (κ3) is 3.67. The number of hydrogen-bond acceptors (Lipinski definition) is 4. The van der Waals surface area contributed by atoms with Crippen LogP contribution in [0, 0.1) is 5.82 Å². The van der Waals surface area contributed by atoms with Crippen LogP contribution >= 0.6 is 0 Å². The van der Waals surface area contributed by atoms with Crippen LogP contribution in [0.15, 0.2) is 30.6 Å². The van der Waals surface area contributed by atoms with Gasteiger partial charge in [0, 0.05) is 24.6 Å². The SMILES string of the molecule is CC(C)n1cnnc1CCNC(=O)C(O)c1ccccc1F. The molecule has 0 fully saturated rings. The van der Waals surface area contributed by atoms with Crippen LogP contribution in [0.25, 0.3) is 0 Å². The van der Waals surface area contributed by atoms with Gasteiger partial charge in [-0.05, 0) is 19.9 Å². The van der Waals surface area contributed by atoms with E-state index in [1.165, 1.54) is 18.2 Å². The maximum absolute atomic E-state index is 13.5. The summed E-state index contributed by atoms with van der Waals surface area (Å²) in [4.78, 5) is 11.9. The molecule has 0 aliphatic heterocycles. The molecule has 2 rings (SSSR count). The van der Waals surface area contributed by atoms with E-state index < -0.39 is 17.8 Å². The maximum atomic E-state index is 13.5. The van der Waals surface area contributed by atoms with E-state index in [0.29, 0.717) is 6.42 Å². The minimum Gasteiger partial charge on any atom is -0.378 e. The molecule has 7 heteroatoms. The van der Waals surface area contributed by atoms with Crippen molar-refractivity contribution in [2.45, 2.75) is 32.4 Å². The Kier molecular flexibility index (Phi) is 5.21. The fourth-order valence-corrected chi connectivity index (χ4v) is 2.11. The van der Waals surface area contributed by atoms with Gasteiger partial charge in [0.1, 0.15) is 18.0 Å². The normalized spacial score (nSPS) is 12.4. The fraction of sp³-hybridized carbons (Fsp3) is 0.400. The number of nitrogens with zero attached hydrogens (tertiary/aromatic N) is 3. The predicted octanol–water partition coefficient (Wildman–Crippen LogP) is 1.39. The molecular formula is C15H19FN4O2. The number of aliphatic hydroxyl groups excluding tert-OH is 1. The second-order valence-electron chi connectivity index (χ2n) is 5.21. The highest BCUT2D eigenvalue weighted by Crippen LogP contribution is 2.16. The Balaban J connectivity index is 1.90. The number of carbonyl (C=O) groups is 1. The van der Waals surface area contributed by atoms with Gasteiger partial charge in [-0.15, -0.1) is 10.2 Å². The molecule has 1 heterocycles. The molecule has 22 heavy (non-hydrogen) atoms. The van der Waals surface area contributed by atoms with Crippen LogP contribution in [-0.2, 0) is 11.2 Å².